The number of allylic oxidation sites excluding steroid dienone is 24. The highest BCUT2D eigenvalue weighted by molar-refractivity contribution is 7.47. The van der Waals surface area contributed by atoms with Gasteiger partial charge in [-0.25, -0.2) is 4.57 Å². The molecule has 394 valence electrons. The molecule has 6 unspecified atom stereocenters. The van der Waals surface area contributed by atoms with Gasteiger partial charge in [-0.2, -0.15) is 0 Å². The van der Waals surface area contributed by atoms with E-state index in [4.69, 9.17) is 18.5 Å². The van der Waals surface area contributed by atoms with E-state index in [-0.39, 0.29) is 13.0 Å². The summed E-state index contributed by atoms with van der Waals surface area (Å²) < 4.78 is 34.2. The van der Waals surface area contributed by atoms with Gasteiger partial charge in [0.05, 0.1) is 13.2 Å². The van der Waals surface area contributed by atoms with Crippen LogP contribution < -0.4 is 0 Å². The SMILES string of the molecule is CC/C=C\C/C=C\C/C=C\C/C=C\C/C=C\C/C=C\C/C=C\CCCC(=O)OC(COCCCCCC/C=C\C/C=C\C/C=C\C/C=C\C/C=C\CC)COP(=O)(O)OC1C(O)C(O)C(O)C(O)C1O. The summed E-state index contributed by atoms with van der Waals surface area (Å²) in [4.78, 5) is 23.2. The highest BCUT2D eigenvalue weighted by Gasteiger charge is 2.51. The number of hydrogen-bond donors (Lipinski definition) is 6. The minimum absolute atomic E-state index is 0.0878. The highest BCUT2D eigenvalue weighted by atomic mass is 31.2. The maximum Gasteiger partial charge on any atom is 0.472 e. The number of carbonyl (C=O) groups excluding carboxylic acids is 1. The average molecular weight is 997 g/mol. The van der Waals surface area contributed by atoms with Gasteiger partial charge in [-0.15, -0.1) is 0 Å². The minimum atomic E-state index is -5.06. The van der Waals surface area contributed by atoms with Gasteiger partial charge in [-0.1, -0.05) is 173 Å². The standard InChI is InChI=1S/C57H89O12P/c1-3-5-7-9-11-13-15-17-19-21-23-25-26-27-28-30-32-34-36-38-40-42-44-46-51(58)68-50(49-67-70(64,65)69-57-55(62)53(60)52(59)54(61)56(57)63)48-66-47-45-43-41-39-37-35-33-31-29-24-22-20-18-16-14-12-10-8-6-4-2/h5-8,11-14,17-20,23-25,27-29,32-35,38,40,50,52-57,59-63H,3-4,9-10,15-16,21-22,26,30-31,36-37,39,41-49H2,1-2H3,(H,64,65)/b7-5-,8-6-,13-11-,14-12-,19-17-,20-18-,25-23-,28-27-,29-24-,34-32-,35-33-,40-38-. The van der Waals surface area contributed by atoms with Crippen LogP contribution in [0.2, 0.25) is 0 Å². The van der Waals surface area contributed by atoms with E-state index in [1.54, 1.807) is 0 Å². The van der Waals surface area contributed by atoms with Crippen LogP contribution in [0, 0.1) is 0 Å². The number of esters is 1. The number of aliphatic hydroxyl groups excluding tert-OH is 5. The lowest BCUT2D eigenvalue weighted by atomic mass is 9.85. The van der Waals surface area contributed by atoms with Gasteiger partial charge >= 0.3 is 13.8 Å². The summed E-state index contributed by atoms with van der Waals surface area (Å²) in [6, 6.07) is 0. The number of phosphoric acid groups is 1. The number of unbranched alkanes of at least 4 members (excludes halogenated alkanes) is 5. The van der Waals surface area contributed by atoms with Crippen LogP contribution >= 0.6 is 7.82 Å². The first-order chi connectivity index (χ1) is 34.0. The zero-order valence-corrected chi connectivity index (χ0v) is 43.1. The van der Waals surface area contributed by atoms with Crippen molar-refractivity contribution in [3.8, 4) is 0 Å². The fourth-order valence-corrected chi connectivity index (χ4v) is 7.69. The van der Waals surface area contributed by atoms with Gasteiger partial charge in [0, 0.05) is 13.0 Å². The molecule has 0 aromatic rings. The lowest BCUT2D eigenvalue weighted by molar-refractivity contribution is -0.220. The number of aliphatic hydroxyl groups is 5. The molecule has 6 atom stereocenters. The summed E-state index contributed by atoms with van der Waals surface area (Å²) in [5.74, 6) is -0.551. The smallest absolute Gasteiger partial charge is 0.457 e. The molecule has 0 heterocycles. The molecule has 0 aromatic carbocycles. The van der Waals surface area contributed by atoms with Gasteiger partial charge in [0.1, 0.15) is 42.7 Å². The first-order valence-electron chi connectivity index (χ1n) is 25.7. The minimum Gasteiger partial charge on any atom is -0.457 e. The van der Waals surface area contributed by atoms with Crippen LogP contribution in [0.1, 0.15) is 142 Å². The summed E-state index contributed by atoms with van der Waals surface area (Å²) >= 11 is 0. The molecular weight excluding hydrogens is 908 g/mol. The molecule has 0 saturated heterocycles. The van der Waals surface area contributed by atoms with Crippen LogP contribution in [0.4, 0.5) is 0 Å². The maximum absolute atomic E-state index is 12.9. The maximum atomic E-state index is 12.9. The van der Waals surface area contributed by atoms with E-state index in [9.17, 15) is 39.8 Å². The average Bonchev–Trinajstić information content (AvgIpc) is 3.35. The number of phosphoric ester groups is 1. The molecule has 0 amide bonds. The van der Waals surface area contributed by atoms with Crippen LogP contribution in [0.3, 0.4) is 0 Å². The second-order valence-corrected chi connectivity index (χ2v) is 18.3. The van der Waals surface area contributed by atoms with E-state index >= 15 is 0 Å². The summed E-state index contributed by atoms with van der Waals surface area (Å²) in [5.41, 5.74) is 0. The van der Waals surface area contributed by atoms with E-state index < -0.39 is 63.1 Å². The van der Waals surface area contributed by atoms with E-state index in [1.165, 1.54) is 0 Å². The topological polar surface area (TPSA) is 192 Å². The predicted molar refractivity (Wildman–Crippen MR) is 285 cm³/mol. The molecule has 0 aromatic heterocycles. The zero-order valence-electron chi connectivity index (χ0n) is 42.2. The Morgan fingerprint density at radius 2 is 0.800 bits per heavy atom. The van der Waals surface area contributed by atoms with Gasteiger partial charge in [0.2, 0.25) is 0 Å². The van der Waals surface area contributed by atoms with E-state index in [0.717, 1.165) is 109 Å². The molecule has 0 bridgehead atoms. The van der Waals surface area contributed by atoms with Crippen molar-refractivity contribution in [3.63, 3.8) is 0 Å². The molecule has 0 spiro atoms. The molecule has 12 nitrogen and oxygen atoms in total. The van der Waals surface area contributed by atoms with E-state index in [1.807, 2.05) is 12.2 Å². The molecule has 1 rings (SSSR count). The Morgan fingerprint density at radius 3 is 1.20 bits per heavy atom. The van der Waals surface area contributed by atoms with Gasteiger partial charge in [-0.05, 0) is 109 Å². The van der Waals surface area contributed by atoms with E-state index in [0.29, 0.717) is 19.4 Å². The van der Waals surface area contributed by atoms with Crippen molar-refractivity contribution in [3.05, 3.63) is 146 Å². The van der Waals surface area contributed by atoms with Crippen molar-refractivity contribution >= 4 is 13.8 Å². The van der Waals surface area contributed by atoms with Crippen molar-refractivity contribution in [2.24, 2.45) is 0 Å². The molecule has 1 fully saturated rings. The van der Waals surface area contributed by atoms with Crippen molar-refractivity contribution < 1.29 is 58.3 Å². The van der Waals surface area contributed by atoms with Crippen molar-refractivity contribution in [2.45, 2.75) is 185 Å². The third-order valence-corrected chi connectivity index (χ3v) is 11.7. The summed E-state index contributed by atoms with van der Waals surface area (Å²) in [6.45, 7) is 3.89. The van der Waals surface area contributed by atoms with Crippen molar-refractivity contribution in [2.75, 3.05) is 19.8 Å². The number of ether oxygens (including phenoxy) is 2. The number of hydrogen-bond acceptors (Lipinski definition) is 11. The van der Waals surface area contributed by atoms with Crippen LogP contribution in [0.15, 0.2) is 146 Å². The first kappa shape index (κ1) is 64.2. The molecule has 1 aliphatic carbocycles. The Hall–Kier alpha value is -3.78. The van der Waals surface area contributed by atoms with Gasteiger partial charge in [-0.3, -0.25) is 13.8 Å². The summed E-state index contributed by atoms with van der Waals surface area (Å²) in [6.07, 6.45) is 56.3. The quantitative estimate of drug-likeness (QED) is 0.0147. The third-order valence-electron chi connectivity index (χ3n) is 10.7. The molecule has 1 aliphatic rings. The predicted octanol–water partition coefficient (Wildman–Crippen LogP) is 11.8. The fraction of sp³-hybridized carbons (Fsp3) is 0.561. The van der Waals surface area contributed by atoms with E-state index in [2.05, 4.69) is 148 Å². The molecule has 6 N–H and O–H groups in total. The van der Waals surface area contributed by atoms with Crippen LogP contribution in [0.25, 0.3) is 0 Å². The molecule has 0 aliphatic heterocycles. The fourth-order valence-electron chi connectivity index (χ4n) is 6.72. The zero-order chi connectivity index (χ0) is 51.2. The highest BCUT2D eigenvalue weighted by Crippen LogP contribution is 2.47. The Kier molecular flexibility index (Phi) is 41.4. The lowest BCUT2D eigenvalue weighted by Crippen LogP contribution is -2.64. The summed E-state index contributed by atoms with van der Waals surface area (Å²) in [7, 11) is -5.06. The van der Waals surface area contributed by atoms with Crippen molar-refractivity contribution in [1.29, 1.82) is 0 Å². The molecule has 0 radical (unpaired) electrons. The normalized spacial score (nSPS) is 22.1. The Bertz CT molecular complexity index is 1700. The monoisotopic (exact) mass is 997 g/mol. The largest absolute Gasteiger partial charge is 0.472 e. The second-order valence-electron chi connectivity index (χ2n) is 16.9. The van der Waals surface area contributed by atoms with Crippen LogP contribution in [0.5, 0.6) is 0 Å². The second kappa shape index (κ2) is 45.1. The number of carbonyl (C=O) groups is 1. The Balaban J connectivity index is 2.44. The molecule has 1 saturated carbocycles. The Morgan fingerprint density at radius 1 is 0.457 bits per heavy atom. The van der Waals surface area contributed by atoms with Crippen LogP contribution in [-0.2, 0) is 27.9 Å². The van der Waals surface area contributed by atoms with Gasteiger partial charge in [0.25, 0.3) is 0 Å². The van der Waals surface area contributed by atoms with Crippen LogP contribution in [-0.4, -0.2) is 98.9 Å². The summed E-state index contributed by atoms with van der Waals surface area (Å²) in [5, 5.41) is 50.3. The molecular formula is C57H89O12P. The first-order valence-corrected chi connectivity index (χ1v) is 27.2. The molecule has 13 heteroatoms. The van der Waals surface area contributed by atoms with Gasteiger partial charge in [0.15, 0.2) is 0 Å². The van der Waals surface area contributed by atoms with Crippen molar-refractivity contribution in [1.82, 2.24) is 0 Å². The molecule has 70 heavy (non-hydrogen) atoms. The number of rotatable bonds is 41. The third kappa shape index (κ3) is 36.2. The van der Waals surface area contributed by atoms with Gasteiger partial charge < -0.3 is 39.9 Å². The lowest BCUT2D eigenvalue weighted by Gasteiger charge is -2.41. The Labute approximate surface area is 421 Å².